The molecule has 138 valence electrons. The summed E-state index contributed by atoms with van der Waals surface area (Å²) >= 11 is 0. The van der Waals surface area contributed by atoms with E-state index in [4.69, 9.17) is 4.74 Å². The lowest BCUT2D eigenvalue weighted by molar-refractivity contribution is -0.140. The third-order valence-corrected chi connectivity index (χ3v) is 4.92. The quantitative estimate of drug-likeness (QED) is 0.751. The number of carbonyl (C=O) groups is 1. The SMILES string of the molecule is COC(=O)CC(Nc1cccc(CN2CCCCC2)c1)c1ccccc1. The Morgan fingerprint density at radius 2 is 1.85 bits per heavy atom. The Balaban J connectivity index is 1.71. The number of piperidine rings is 1. The van der Waals surface area contributed by atoms with Crippen molar-refractivity contribution in [3.8, 4) is 0 Å². The Labute approximate surface area is 156 Å². The molecule has 0 spiro atoms. The molecule has 1 heterocycles. The summed E-state index contributed by atoms with van der Waals surface area (Å²) in [4.78, 5) is 14.4. The van der Waals surface area contributed by atoms with E-state index in [9.17, 15) is 4.79 Å². The van der Waals surface area contributed by atoms with Crippen LogP contribution in [0.3, 0.4) is 0 Å². The number of benzene rings is 2. The van der Waals surface area contributed by atoms with Gasteiger partial charge >= 0.3 is 5.97 Å². The van der Waals surface area contributed by atoms with Crippen molar-refractivity contribution < 1.29 is 9.53 Å². The minimum Gasteiger partial charge on any atom is -0.469 e. The van der Waals surface area contributed by atoms with E-state index in [2.05, 4.69) is 34.5 Å². The molecule has 0 saturated carbocycles. The highest BCUT2D eigenvalue weighted by molar-refractivity contribution is 5.71. The zero-order valence-corrected chi connectivity index (χ0v) is 15.5. The van der Waals surface area contributed by atoms with E-state index in [0.717, 1.165) is 17.8 Å². The molecule has 1 saturated heterocycles. The van der Waals surface area contributed by atoms with Crippen molar-refractivity contribution in [2.45, 2.75) is 38.3 Å². The fraction of sp³-hybridized carbons (Fsp3) is 0.409. The summed E-state index contributed by atoms with van der Waals surface area (Å²) in [5, 5.41) is 3.52. The molecular formula is C22H28N2O2. The molecular weight excluding hydrogens is 324 g/mol. The van der Waals surface area contributed by atoms with Crippen LogP contribution in [0.4, 0.5) is 5.69 Å². The van der Waals surface area contributed by atoms with Crippen LogP contribution in [-0.4, -0.2) is 31.1 Å². The number of anilines is 1. The average molecular weight is 352 g/mol. The summed E-state index contributed by atoms with van der Waals surface area (Å²) in [6.07, 6.45) is 4.25. The maximum Gasteiger partial charge on any atom is 0.307 e. The first kappa shape index (κ1) is 18.5. The monoisotopic (exact) mass is 352 g/mol. The molecule has 0 radical (unpaired) electrons. The van der Waals surface area contributed by atoms with Crippen molar-refractivity contribution >= 4 is 11.7 Å². The Bertz CT molecular complexity index is 696. The van der Waals surface area contributed by atoms with Gasteiger partial charge in [0.25, 0.3) is 0 Å². The number of methoxy groups -OCH3 is 1. The Morgan fingerprint density at radius 1 is 1.08 bits per heavy atom. The molecule has 2 aromatic rings. The third-order valence-electron chi connectivity index (χ3n) is 4.92. The second-order valence-electron chi connectivity index (χ2n) is 6.93. The third kappa shape index (κ3) is 5.33. The maximum absolute atomic E-state index is 11.8. The number of hydrogen-bond donors (Lipinski definition) is 1. The number of hydrogen-bond acceptors (Lipinski definition) is 4. The number of esters is 1. The molecule has 1 N–H and O–H groups in total. The molecule has 1 aliphatic rings. The minimum absolute atomic E-state index is 0.103. The Hall–Kier alpha value is -2.33. The van der Waals surface area contributed by atoms with Crippen LogP contribution in [0.15, 0.2) is 54.6 Å². The molecule has 4 nitrogen and oxygen atoms in total. The van der Waals surface area contributed by atoms with Crippen LogP contribution < -0.4 is 5.32 Å². The van der Waals surface area contributed by atoms with Crippen LogP contribution in [0.25, 0.3) is 0 Å². The summed E-state index contributed by atoms with van der Waals surface area (Å²) in [5.74, 6) is -0.212. The van der Waals surface area contributed by atoms with Gasteiger partial charge in [0, 0.05) is 12.2 Å². The van der Waals surface area contributed by atoms with Crippen molar-refractivity contribution in [3.63, 3.8) is 0 Å². The number of likely N-dealkylation sites (tertiary alicyclic amines) is 1. The fourth-order valence-corrected chi connectivity index (χ4v) is 3.52. The zero-order valence-electron chi connectivity index (χ0n) is 15.5. The highest BCUT2D eigenvalue weighted by Crippen LogP contribution is 2.24. The van der Waals surface area contributed by atoms with Crippen LogP contribution in [0, 0.1) is 0 Å². The molecule has 4 heteroatoms. The molecule has 1 unspecified atom stereocenters. The van der Waals surface area contributed by atoms with E-state index in [0.29, 0.717) is 6.42 Å². The molecule has 0 aliphatic carbocycles. The first-order chi connectivity index (χ1) is 12.7. The second kappa shape index (κ2) is 9.39. The lowest BCUT2D eigenvalue weighted by atomic mass is 10.0. The summed E-state index contributed by atoms with van der Waals surface area (Å²) < 4.78 is 4.88. The number of ether oxygens (including phenoxy) is 1. The molecule has 0 amide bonds. The summed E-state index contributed by atoms with van der Waals surface area (Å²) in [6, 6.07) is 18.5. The molecule has 1 aliphatic heterocycles. The first-order valence-corrected chi connectivity index (χ1v) is 9.44. The average Bonchev–Trinajstić information content (AvgIpc) is 2.69. The predicted molar refractivity (Wildman–Crippen MR) is 105 cm³/mol. The minimum atomic E-state index is -0.212. The summed E-state index contributed by atoms with van der Waals surface area (Å²) in [7, 11) is 1.43. The van der Waals surface area contributed by atoms with E-state index >= 15 is 0 Å². The lowest BCUT2D eigenvalue weighted by Crippen LogP contribution is -2.29. The normalized spacial score (nSPS) is 16.0. The molecule has 26 heavy (non-hydrogen) atoms. The van der Waals surface area contributed by atoms with Gasteiger partial charge in [-0.15, -0.1) is 0 Å². The van der Waals surface area contributed by atoms with E-state index < -0.39 is 0 Å². The van der Waals surface area contributed by atoms with Crippen LogP contribution in [-0.2, 0) is 16.1 Å². The Morgan fingerprint density at radius 3 is 2.58 bits per heavy atom. The highest BCUT2D eigenvalue weighted by atomic mass is 16.5. The first-order valence-electron chi connectivity index (χ1n) is 9.44. The summed E-state index contributed by atoms with van der Waals surface area (Å²) in [6.45, 7) is 3.36. The Kier molecular flexibility index (Phi) is 6.67. The van der Waals surface area contributed by atoms with Gasteiger partial charge < -0.3 is 10.1 Å². The zero-order chi connectivity index (χ0) is 18.2. The van der Waals surface area contributed by atoms with Crippen molar-refractivity contribution in [3.05, 3.63) is 65.7 Å². The number of nitrogens with one attached hydrogen (secondary N) is 1. The van der Waals surface area contributed by atoms with Crippen molar-refractivity contribution in [1.29, 1.82) is 0 Å². The van der Waals surface area contributed by atoms with Crippen LogP contribution >= 0.6 is 0 Å². The van der Waals surface area contributed by atoms with Crippen molar-refractivity contribution in [2.24, 2.45) is 0 Å². The fourth-order valence-electron chi connectivity index (χ4n) is 3.52. The second-order valence-corrected chi connectivity index (χ2v) is 6.93. The highest BCUT2D eigenvalue weighted by Gasteiger charge is 2.17. The standard InChI is InChI=1S/C22H28N2O2/c1-26-22(25)16-21(19-10-4-2-5-11-19)23-20-12-8-9-18(15-20)17-24-13-6-3-7-14-24/h2,4-5,8-12,15,21,23H,3,6-7,13-14,16-17H2,1H3. The van der Waals surface area contributed by atoms with E-state index in [1.165, 1.54) is 45.0 Å². The van der Waals surface area contributed by atoms with Gasteiger partial charge in [-0.25, -0.2) is 0 Å². The predicted octanol–water partition coefficient (Wildman–Crippen LogP) is 4.39. The number of carbonyl (C=O) groups excluding carboxylic acids is 1. The van der Waals surface area contributed by atoms with Gasteiger partial charge in [0.15, 0.2) is 0 Å². The number of nitrogens with zero attached hydrogens (tertiary/aromatic N) is 1. The van der Waals surface area contributed by atoms with Gasteiger partial charge in [0.2, 0.25) is 0 Å². The van der Waals surface area contributed by atoms with Crippen LogP contribution in [0.5, 0.6) is 0 Å². The molecule has 2 aromatic carbocycles. The van der Waals surface area contributed by atoms with E-state index in [1.54, 1.807) is 0 Å². The van der Waals surface area contributed by atoms with E-state index in [1.807, 2.05) is 30.3 Å². The maximum atomic E-state index is 11.8. The van der Waals surface area contributed by atoms with E-state index in [-0.39, 0.29) is 12.0 Å². The van der Waals surface area contributed by atoms with Gasteiger partial charge in [-0.1, -0.05) is 48.9 Å². The number of rotatable bonds is 7. The van der Waals surface area contributed by atoms with Gasteiger partial charge in [-0.2, -0.15) is 0 Å². The van der Waals surface area contributed by atoms with Gasteiger partial charge in [0.05, 0.1) is 19.6 Å². The molecule has 0 aromatic heterocycles. The lowest BCUT2D eigenvalue weighted by Gasteiger charge is -2.26. The molecule has 1 atom stereocenters. The molecule has 3 rings (SSSR count). The van der Waals surface area contributed by atoms with Gasteiger partial charge in [-0.3, -0.25) is 9.69 Å². The van der Waals surface area contributed by atoms with Gasteiger partial charge in [-0.05, 0) is 49.2 Å². The van der Waals surface area contributed by atoms with Crippen LogP contribution in [0.1, 0.15) is 42.9 Å². The topological polar surface area (TPSA) is 41.6 Å². The van der Waals surface area contributed by atoms with Crippen molar-refractivity contribution in [2.75, 3.05) is 25.5 Å². The van der Waals surface area contributed by atoms with Crippen LogP contribution in [0.2, 0.25) is 0 Å². The molecule has 1 fully saturated rings. The van der Waals surface area contributed by atoms with Crippen molar-refractivity contribution in [1.82, 2.24) is 4.90 Å². The summed E-state index contributed by atoms with van der Waals surface area (Å²) in [5.41, 5.74) is 3.43. The largest absolute Gasteiger partial charge is 0.469 e. The molecule has 0 bridgehead atoms. The van der Waals surface area contributed by atoms with Gasteiger partial charge in [0.1, 0.15) is 0 Å². The smallest absolute Gasteiger partial charge is 0.307 e.